The quantitative estimate of drug-likeness (QED) is 0.547. The van der Waals surface area contributed by atoms with Crippen molar-refractivity contribution in [3.63, 3.8) is 0 Å². The van der Waals surface area contributed by atoms with E-state index in [1.807, 2.05) is 0 Å². The van der Waals surface area contributed by atoms with Crippen LogP contribution < -0.4 is 10.6 Å². The van der Waals surface area contributed by atoms with Crippen LogP contribution in [-0.2, 0) is 0 Å². The van der Waals surface area contributed by atoms with Gasteiger partial charge in [0.05, 0.1) is 0 Å². The van der Waals surface area contributed by atoms with Crippen LogP contribution in [0.15, 0.2) is 48.5 Å². The Balaban J connectivity index is 0.00000128. The molecular weight excluding hydrogens is 220 g/mol. The minimum atomic E-state index is -0.279. The smallest absolute Gasteiger partial charge is 0.130 e. The van der Waals surface area contributed by atoms with Crippen molar-refractivity contribution < 1.29 is 8.78 Å². The van der Waals surface area contributed by atoms with Gasteiger partial charge in [-0.05, 0) is 12.1 Å². The van der Waals surface area contributed by atoms with Gasteiger partial charge >= 0.3 is 0 Å². The zero-order valence-electron chi connectivity index (χ0n) is 8.87. The van der Waals surface area contributed by atoms with E-state index in [1.165, 1.54) is 12.1 Å². The zero-order valence-corrected chi connectivity index (χ0v) is 9.87. The minimum absolute atomic E-state index is 0. The van der Waals surface area contributed by atoms with Crippen molar-refractivity contribution in [3.05, 3.63) is 60.2 Å². The van der Waals surface area contributed by atoms with Crippen LogP contribution in [0.4, 0.5) is 8.78 Å². The van der Waals surface area contributed by atoms with Gasteiger partial charge < -0.3 is 0 Å². The Kier molecular flexibility index (Phi) is 5.16. The molecule has 0 aliphatic heterocycles. The fourth-order valence-electron chi connectivity index (χ4n) is 1.27. The van der Waals surface area contributed by atoms with E-state index in [9.17, 15) is 8.78 Å². The molecule has 0 heterocycles. The summed E-state index contributed by atoms with van der Waals surface area (Å²) in [6, 6.07) is 12.9. The molecule has 2 aromatic rings. The summed E-state index contributed by atoms with van der Waals surface area (Å²) in [5.41, 5.74) is 0. The Hall–Kier alpha value is -0.673. The molecule has 1 radical (unpaired) electrons. The summed E-state index contributed by atoms with van der Waals surface area (Å²) in [6.07, 6.45) is 0. The van der Waals surface area contributed by atoms with Crippen LogP contribution in [0.3, 0.4) is 0 Å². The van der Waals surface area contributed by atoms with E-state index >= 15 is 0 Å². The van der Waals surface area contributed by atoms with E-state index in [4.69, 9.17) is 0 Å². The molecular formula is C12H9F2LiP. The molecule has 2 aromatic carbocycles. The van der Waals surface area contributed by atoms with E-state index in [-0.39, 0.29) is 39.1 Å². The first-order valence-corrected chi connectivity index (χ1v) is 5.53. The molecule has 0 amide bonds. The van der Waals surface area contributed by atoms with Crippen molar-refractivity contribution in [2.75, 3.05) is 0 Å². The van der Waals surface area contributed by atoms with Gasteiger partial charge in [-0.3, -0.25) is 0 Å². The summed E-state index contributed by atoms with van der Waals surface area (Å²) in [6.45, 7) is 0. The second-order valence-electron chi connectivity index (χ2n) is 3.08. The molecule has 0 aliphatic carbocycles. The van der Waals surface area contributed by atoms with Gasteiger partial charge in [0.1, 0.15) is 11.6 Å². The van der Waals surface area contributed by atoms with E-state index in [2.05, 4.69) is 0 Å². The molecule has 0 aliphatic rings. The Labute approximate surface area is 107 Å². The molecule has 0 nitrogen and oxygen atoms in total. The molecule has 0 spiro atoms. The molecule has 0 atom stereocenters. The van der Waals surface area contributed by atoms with Gasteiger partial charge in [-0.25, -0.2) is 8.78 Å². The molecule has 77 valence electrons. The molecule has 0 saturated heterocycles. The second kappa shape index (κ2) is 6.16. The first kappa shape index (κ1) is 13.4. The summed E-state index contributed by atoms with van der Waals surface area (Å²) in [5.74, 6) is -0.557. The molecule has 4 heteroatoms. The first-order chi connectivity index (χ1) is 7.27. The molecule has 0 N–H and O–H groups in total. The normalized spacial score (nSPS) is 9.62. The third kappa shape index (κ3) is 3.16. The van der Waals surface area contributed by atoms with Gasteiger partial charge in [0.15, 0.2) is 0 Å². The molecule has 0 unspecified atom stereocenters. The van der Waals surface area contributed by atoms with Crippen molar-refractivity contribution in [1.29, 1.82) is 0 Å². The first-order valence-electron chi connectivity index (χ1n) is 4.53. The van der Waals surface area contributed by atoms with E-state index < -0.39 is 0 Å². The van der Waals surface area contributed by atoms with E-state index in [1.54, 1.807) is 36.4 Å². The van der Waals surface area contributed by atoms with Crippen LogP contribution >= 0.6 is 8.58 Å². The Morgan fingerprint density at radius 2 is 1.06 bits per heavy atom. The van der Waals surface area contributed by atoms with Crippen LogP contribution in [0.5, 0.6) is 0 Å². The summed E-state index contributed by atoms with van der Waals surface area (Å²) in [5, 5.41) is 1.09. The molecule has 0 saturated carbocycles. The summed E-state index contributed by atoms with van der Waals surface area (Å²) in [4.78, 5) is 0. The van der Waals surface area contributed by atoms with Gasteiger partial charge in [0, 0.05) is 29.5 Å². The number of benzene rings is 2. The fraction of sp³-hybridized carbons (Fsp3) is 0. The van der Waals surface area contributed by atoms with Crippen molar-refractivity contribution in [2.45, 2.75) is 0 Å². The largest absolute Gasteiger partial charge is 0.206 e. The number of hydrogen-bond donors (Lipinski definition) is 0. The van der Waals surface area contributed by atoms with Crippen LogP contribution in [0.1, 0.15) is 0 Å². The second-order valence-corrected chi connectivity index (χ2v) is 4.41. The van der Waals surface area contributed by atoms with Gasteiger partial charge in [-0.1, -0.05) is 45.0 Å². The number of halogens is 2. The van der Waals surface area contributed by atoms with Crippen molar-refractivity contribution in [1.82, 2.24) is 0 Å². The maximum absolute atomic E-state index is 13.3. The third-order valence-corrected chi connectivity index (χ3v) is 3.37. The van der Waals surface area contributed by atoms with E-state index in [0.29, 0.717) is 10.6 Å². The molecule has 2 rings (SSSR count). The Morgan fingerprint density at radius 3 is 1.44 bits per heavy atom. The van der Waals surface area contributed by atoms with Gasteiger partial charge in [-0.2, -0.15) is 0 Å². The van der Waals surface area contributed by atoms with Gasteiger partial charge in [0.2, 0.25) is 0 Å². The summed E-state index contributed by atoms with van der Waals surface area (Å²) in [7, 11) is 0.0244. The maximum atomic E-state index is 13.3. The maximum Gasteiger partial charge on any atom is 0.130 e. The average molecular weight is 229 g/mol. The predicted molar refractivity (Wildman–Crippen MR) is 66.1 cm³/mol. The SMILES string of the molecule is Fc1ccccc1Pc1ccccc1F.[Li]. The standard InChI is InChI=1S/C12H9F2P.Li/c13-9-5-1-3-7-11(9)15-12-8-4-2-6-10(12)14;/h1-8,15H;. The average Bonchev–Trinajstić information content (AvgIpc) is 2.24. The van der Waals surface area contributed by atoms with Gasteiger partial charge in [0.25, 0.3) is 0 Å². The van der Waals surface area contributed by atoms with Crippen LogP contribution in [0.2, 0.25) is 0 Å². The van der Waals surface area contributed by atoms with Crippen molar-refractivity contribution in [2.24, 2.45) is 0 Å². The number of hydrogen-bond acceptors (Lipinski definition) is 0. The Bertz CT molecular complexity index is 431. The number of rotatable bonds is 2. The van der Waals surface area contributed by atoms with Crippen molar-refractivity contribution in [3.8, 4) is 0 Å². The Morgan fingerprint density at radius 1 is 0.688 bits per heavy atom. The monoisotopic (exact) mass is 229 g/mol. The van der Waals surface area contributed by atoms with Gasteiger partial charge in [-0.15, -0.1) is 0 Å². The molecule has 16 heavy (non-hydrogen) atoms. The zero-order chi connectivity index (χ0) is 10.7. The minimum Gasteiger partial charge on any atom is -0.206 e. The van der Waals surface area contributed by atoms with Crippen LogP contribution in [0.25, 0.3) is 0 Å². The van der Waals surface area contributed by atoms with Crippen LogP contribution in [0, 0.1) is 11.6 Å². The van der Waals surface area contributed by atoms with Crippen LogP contribution in [-0.4, -0.2) is 18.9 Å². The topological polar surface area (TPSA) is 0 Å². The fourth-order valence-corrected chi connectivity index (χ4v) is 2.33. The molecule has 0 aromatic heterocycles. The predicted octanol–water partition coefficient (Wildman–Crippen LogP) is 2.21. The third-order valence-electron chi connectivity index (χ3n) is 2.02. The summed E-state index contributed by atoms with van der Waals surface area (Å²) < 4.78 is 26.6. The molecule has 0 fully saturated rings. The van der Waals surface area contributed by atoms with Crippen molar-refractivity contribution >= 4 is 38.1 Å². The van der Waals surface area contributed by atoms with E-state index in [0.717, 1.165) is 0 Å². The summed E-state index contributed by atoms with van der Waals surface area (Å²) >= 11 is 0. The molecule has 0 bridgehead atoms.